The number of anilines is 1. The Hall–Kier alpha value is -1.59. The summed E-state index contributed by atoms with van der Waals surface area (Å²) in [5.41, 5.74) is 7.64. The average Bonchev–Trinajstić information content (AvgIpc) is 2.42. The number of nitrogens with two attached hydrogens (primary N) is 1. The zero-order valence-electron chi connectivity index (χ0n) is 11.7. The van der Waals surface area contributed by atoms with Gasteiger partial charge in [0.1, 0.15) is 5.75 Å². The summed E-state index contributed by atoms with van der Waals surface area (Å²) in [5, 5.41) is 0. The SMILES string of the molecule is CC(CN)N(C)Cc1ccc2c(c1)N(C)C(=O)CO2. The summed E-state index contributed by atoms with van der Waals surface area (Å²) in [5.74, 6) is 0.744. The highest BCUT2D eigenvalue weighted by Crippen LogP contribution is 2.32. The van der Waals surface area contributed by atoms with Crippen LogP contribution in [0.15, 0.2) is 18.2 Å². The van der Waals surface area contributed by atoms with Crippen LogP contribution in [0.25, 0.3) is 0 Å². The second kappa shape index (κ2) is 5.59. The Bertz CT molecular complexity index is 476. The Morgan fingerprint density at radius 2 is 2.26 bits per heavy atom. The van der Waals surface area contributed by atoms with Crippen molar-refractivity contribution in [3.05, 3.63) is 23.8 Å². The fourth-order valence-corrected chi connectivity index (χ4v) is 2.04. The number of likely N-dealkylation sites (N-methyl/N-ethyl adjacent to an activating group) is 2. The van der Waals surface area contributed by atoms with E-state index in [1.807, 2.05) is 25.2 Å². The first-order chi connectivity index (χ1) is 9.02. The number of nitrogens with zero attached hydrogens (tertiary/aromatic N) is 2. The van der Waals surface area contributed by atoms with Crippen molar-refractivity contribution in [1.82, 2.24) is 4.90 Å². The van der Waals surface area contributed by atoms with E-state index in [0.29, 0.717) is 12.6 Å². The van der Waals surface area contributed by atoms with Crippen molar-refractivity contribution in [1.29, 1.82) is 0 Å². The maximum atomic E-state index is 11.6. The number of hydrogen-bond donors (Lipinski definition) is 1. The molecule has 104 valence electrons. The minimum Gasteiger partial charge on any atom is -0.482 e. The third-order valence-corrected chi connectivity index (χ3v) is 3.64. The van der Waals surface area contributed by atoms with Crippen LogP contribution in [0.5, 0.6) is 5.75 Å². The summed E-state index contributed by atoms with van der Waals surface area (Å²) in [6.07, 6.45) is 0. The number of fused-ring (bicyclic) bond motifs is 1. The van der Waals surface area contributed by atoms with Gasteiger partial charge < -0.3 is 15.4 Å². The normalized spacial score (nSPS) is 16.3. The van der Waals surface area contributed by atoms with Crippen LogP contribution < -0.4 is 15.4 Å². The van der Waals surface area contributed by atoms with Gasteiger partial charge in [-0.05, 0) is 31.7 Å². The minimum absolute atomic E-state index is 0.0201. The van der Waals surface area contributed by atoms with Crippen LogP contribution in [0, 0.1) is 0 Å². The maximum absolute atomic E-state index is 11.6. The molecule has 1 unspecified atom stereocenters. The highest BCUT2D eigenvalue weighted by Gasteiger charge is 2.22. The van der Waals surface area contributed by atoms with Crippen molar-refractivity contribution >= 4 is 11.6 Å². The van der Waals surface area contributed by atoms with Crippen molar-refractivity contribution in [3.63, 3.8) is 0 Å². The van der Waals surface area contributed by atoms with Crippen LogP contribution in [0.3, 0.4) is 0 Å². The van der Waals surface area contributed by atoms with Crippen LogP contribution in [0.1, 0.15) is 12.5 Å². The van der Waals surface area contributed by atoms with Crippen LogP contribution >= 0.6 is 0 Å². The second-order valence-electron chi connectivity index (χ2n) is 5.04. The zero-order valence-corrected chi connectivity index (χ0v) is 11.7. The molecule has 1 aromatic carbocycles. The van der Waals surface area contributed by atoms with Crippen molar-refractivity contribution < 1.29 is 9.53 Å². The highest BCUT2D eigenvalue weighted by atomic mass is 16.5. The molecule has 1 heterocycles. The highest BCUT2D eigenvalue weighted by molar-refractivity contribution is 5.97. The fourth-order valence-electron chi connectivity index (χ4n) is 2.04. The van der Waals surface area contributed by atoms with Crippen molar-refractivity contribution in [3.8, 4) is 5.75 Å². The molecule has 0 radical (unpaired) electrons. The van der Waals surface area contributed by atoms with Crippen LogP contribution in [0.2, 0.25) is 0 Å². The number of amides is 1. The third kappa shape index (κ3) is 2.88. The minimum atomic E-state index is -0.0201. The van der Waals surface area contributed by atoms with Gasteiger partial charge in [-0.3, -0.25) is 9.69 Å². The maximum Gasteiger partial charge on any atom is 0.264 e. The predicted molar refractivity (Wildman–Crippen MR) is 75.3 cm³/mol. The molecule has 1 aliphatic heterocycles. The van der Waals surface area contributed by atoms with Crippen molar-refractivity contribution in [2.45, 2.75) is 19.5 Å². The van der Waals surface area contributed by atoms with Gasteiger partial charge >= 0.3 is 0 Å². The number of hydrogen-bond acceptors (Lipinski definition) is 4. The largest absolute Gasteiger partial charge is 0.482 e. The average molecular weight is 263 g/mol. The number of ether oxygens (including phenoxy) is 1. The van der Waals surface area contributed by atoms with Crippen molar-refractivity contribution in [2.24, 2.45) is 5.73 Å². The molecule has 19 heavy (non-hydrogen) atoms. The number of carbonyl (C=O) groups excluding carboxylic acids is 1. The van der Waals surface area contributed by atoms with E-state index < -0.39 is 0 Å². The summed E-state index contributed by atoms with van der Waals surface area (Å²) in [6, 6.07) is 6.29. The van der Waals surface area contributed by atoms with E-state index in [4.69, 9.17) is 10.5 Å². The van der Waals surface area contributed by atoms with Crippen LogP contribution in [-0.2, 0) is 11.3 Å². The van der Waals surface area contributed by atoms with Crippen LogP contribution in [-0.4, -0.2) is 44.1 Å². The van der Waals surface area contributed by atoms with Gasteiger partial charge in [-0.2, -0.15) is 0 Å². The van der Waals surface area contributed by atoms with Gasteiger partial charge in [0.2, 0.25) is 0 Å². The van der Waals surface area contributed by atoms with Gasteiger partial charge in [0.05, 0.1) is 5.69 Å². The van der Waals surface area contributed by atoms with Gasteiger partial charge in [0.25, 0.3) is 5.91 Å². The number of carbonyl (C=O) groups is 1. The van der Waals surface area contributed by atoms with E-state index >= 15 is 0 Å². The van der Waals surface area contributed by atoms with E-state index in [1.54, 1.807) is 11.9 Å². The summed E-state index contributed by atoms with van der Waals surface area (Å²) in [7, 11) is 3.82. The Kier molecular flexibility index (Phi) is 4.07. The van der Waals surface area contributed by atoms with E-state index in [-0.39, 0.29) is 12.5 Å². The predicted octanol–water partition coefficient (Wildman–Crippen LogP) is 0.821. The molecule has 2 rings (SSSR count). The molecule has 1 aliphatic rings. The molecule has 0 fully saturated rings. The standard InChI is InChI=1S/C14H21N3O2/c1-10(7-15)16(2)8-11-4-5-13-12(6-11)17(3)14(18)9-19-13/h4-6,10H,7-9,15H2,1-3H3. The van der Waals surface area contributed by atoms with Crippen molar-refractivity contribution in [2.75, 3.05) is 32.1 Å². The molecule has 0 aliphatic carbocycles. The monoisotopic (exact) mass is 263 g/mol. The lowest BCUT2D eigenvalue weighted by Crippen LogP contribution is -2.36. The lowest BCUT2D eigenvalue weighted by molar-refractivity contribution is -0.120. The first-order valence-corrected chi connectivity index (χ1v) is 6.45. The van der Waals surface area contributed by atoms with Crippen LogP contribution in [0.4, 0.5) is 5.69 Å². The number of benzene rings is 1. The summed E-state index contributed by atoms with van der Waals surface area (Å²) < 4.78 is 5.41. The third-order valence-electron chi connectivity index (χ3n) is 3.64. The van der Waals surface area contributed by atoms with E-state index in [0.717, 1.165) is 23.5 Å². The Morgan fingerprint density at radius 3 is 2.95 bits per heavy atom. The number of rotatable bonds is 4. The fraction of sp³-hybridized carbons (Fsp3) is 0.500. The molecule has 5 heteroatoms. The zero-order chi connectivity index (χ0) is 14.0. The lowest BCUT2D eigenvalue weighted by Gasteiger charge is -2.28. The molecule has 1 amide bonds. The lowest BCUT2D eigenvalue weighted by atomic mass is 10.1. The smallest absolute Gasteiger partial charge is 0.264 e. The topological polar surface area (TPSA) is 58.8 Å². The first kappa shape index (κ1) is 13.8. The molecule has 0 spiro atoms. The Labute approximate surface area is 113 Å². The molecule has 5 nitrogen and oxygen atoms in total. The molecule has 1 atom stereocenters. The summed E-state index contributed by atoms with van der Waals surface area (Å²) in [6.45, 7) is 3.64. The molecule has 0 aromatic heterocycles. The van der Waals surface area contributed by atoms with Gasteiger partial charge in [0, 0.05) is 26.2 Å². The quantitative estimate of drug-likeness (QED) is 0.874. The molecular formula is C14H21N3O2. The molecule has 0 bridgehead atoms. The second-order valence-corrected chi connectivity index (χ2v) is 5.04. The molecule has 0 saturated carbocycles. The van der Waals surface area contributed by atoms with Gasteiger partial charge in [-0.15, -0.1) is 0 Å². The van der Waals surface area contributed by atoms with E-state index in [1.165, 1.54) is 0 Å². The summed E-state index contributed by atoms with van der Waals surface area (Å²) in [4.78, 5) is 15.5. The van der Waals surface area contributed by atoms with Gasteiger partial charge in [0.15, 0.2) is 6.61 Å². The van der Waals surface area contributed by atoms with Gasteiger partial charge in [-0.25, -0.2) is 0 Å². The molecular weight excluding hydrogens is 242 g/mol. The molecule has 2 N–H and O–H groups in total. The van der Waals surface area contributed by atoms with E-state index in [9.17, 15) is 4.79 Å². The molecule has 0 saturated heterocycles. The van der Waals surface area contributed by atoms with E-state index in [2.05, 4.69) is 11.8 Å². The first-order valence-electron chi connectivity index (χ1n) is 6.45. The Balaban J connectivity index is 2.19. The summed E-state index contributed by atoms with van der Waals surface area (Å²) >= 11 is 0. The Morgan fingerprint density at radius 1 is 1.53 bits per heavy atom. The van der Waals surface area contributed by atoms with Gasteiger partial charge in [-0.1, -0.05) is 6.07 Å². The molecule has 1 aromatic rings.